The summed E-state index contributed by atoms with van der Waals surface area (Å²) in [5.41, 5.74) is 1.34. The lowest BCUT2D eigenvalue weighted by Crippen LogP contribution is -2.42. The lowest BCUT2D eigenvalue weighted by molar-refractivity contribution is 0.240. The average molecular weight is 292 g/mol. The van der Waals surface area contributed by atoms with Crippen LogP contribution < -0.4 is 5.32 Å². The first-order valence-corrected chi connectivity index (χ1v) is 7.80. The van der Waals surface area contributed by atoms with Crippen molar-refractivity contribution in [2.45, 2.75) is 53.8 Å². The molecule has 2 aromatic rings. The Morgan fingerprint density at radius 1 is 1.35 bits per heavy atom. The van der Waals surface area contributed by atoms with Gasteiger partial charge in [-0.25, -0.2) is 9.97 Å². The van der Waals surface area contributed by atoms with E-state index in [1.54, 1.807) is 11.3 Å². The summed E-state index contributed by atoms with van der Waals surface area (Å²) in [4.78, 5) is 9.95. The van der Waals surface area contributed by atoms with Crippen LogP contribution in [0, 0.1) is 19.3 Å². The van der Waals surface area contributed by atoms with Gasteiger partial charge in [0.15, 0.2) is 0 Å². The molecule has 20 heavy (non-hydrogen) atoms. The zero-order valence-electron chi connectivity index (χ0n) is 13.0. The molecule has 0 fully saturated rings. The minimum atomic E-state index is 0.192. The maximum absolute atomic E-state index is 4.49. The van der Waals surface area contributed by atoms with Gasteiger partial charge in [-0.05, 0) is 19.3 Å². The number of aryl methyl sites for hydroxylation is 2. The van der Waals surface area contributed by atoms with Crippen LogP contribution in [0.1, 0.15) is 36.3 Å². The number of aromatic nitrogens is 3. The molecule has 2 heterocycles. The van der Waals surface area contributed by atoms with Crippen molar-refractivity contribution in [2.75, 3.05) is 0 Å². The summed E-state index contributed by atoms with van der Waals surface area (Å²) in [6, 6.07) is 0.388. The van der Waals surface area contributed by atoms with Gasteiger partial charge < -0.3 is 9.88 Å². The standard InChI is InChI=1S/C15H24N4S/c1-11-13(20-12(2)18-11)8-17-14(15(3,4)5)9-19-7-6-16-10-19/h6-7,10,14,17H,8-9H2,1-5H3. The number of hydrogen-bond acceptors (Lipinski definition) is 4. The van der Waals surface area contributed by atoms with Gasteiger partial charge in [0.1, 0.15) is 0 Å². The van der Waals surface area contributed by atoms with Crippen molar-refractivity contribution in [1.29, 1.82) is 0 Å². The second kappa shape index (κ2) is 6.06. The summed E-state index contributed by atoms with van der Waals surface area (Å²) >= 11 is 1.78. The molecular weight excluding hydrogens is 268 g/mol. The van der Waals surface area contributed by atoms with Crippen molar-refractivity contribution < 1.29 is 0 Å². The summed E-state index contributed by atoms with van der Waals surface area (Å²) in [5.74, 6) is 0. The van der Waals surface area contributed by atoms with Crippen LogP contribution in [0.15, 0.2) is 18.7 Å². The van der Waals surface area contributed by atoms with Crippen LogP contribution in [0.25, 0.3) is 0 Å². The van der Waals surface area contributed by atoms with Crippen molar-refractivity contribution in [3.8, 4) is 0 Å². The predicted octanol–water partition coefficient (Wildman–Crippen LogP) is 3.16. The van der Waals surface area contributed by atoms with Crippen LogP contribution in [0.5, 0.6) is 0 Å². The third-order valence-electron chi connectivity index (χ3n) is 3.51. The van der Waals surface area contributed by atoms with E-state index >= 15 is 0 Å². The molecule has 0 spiro atoms. The van der Waals surface area contributed by atoms with Crippen LogP contribution in [-0.2, 0) is 13.1 Å². The molecule has 2 aromatic heterocycles. The zero-order chi connectivity index (χ0) is 14.8. The summed E-state index contributed by atoms with van der Waals surface area (Å²) < 4.78 is 2.13. The number of nitrogens with one attached hydrogen (secondary N) is 1. The highest BCUT2D eigenvalue weighted by molar-refractivity contribution is 7.11. The van der Waals surface area contributed by atoms with E-state index in [1.165, 1.54) is 4.88 Å². The fourth-order valence-corrected chi connectivity index (χ4v) is 3.09. The predicted molar refractivity (Wildman–Crippen MR) is 83.9 cm³/mol. The number of rotatable bonds is 5. The first kappa shape index (κ1) is 15.2. The molecular formula is C15H24N4S. The second-order valence-electron chi connectivity index (χ2n) is 6.30. The number of nitrogens with zero attached hydrogens (tertiary/aromatic N) is 3. The SMILES string of the molecule is Cc1nc(C)c(CNC(Cn2ccnc2)C(C)(C)C)s1. The van der Waals surface area contributed by atoms with E-state index in [0.717, 1.165) is 23.8 Å². The molecule has 1 atom stereocenters. The maximum Gasteiger partial charge on any atom is 0.0946 e. The van der Waals surface area contributed by atoms with E-state index < -0.39 is 0 Å². The third-order valence-corrected chi connectivity index (χ3v) is 4.58. The smallest absolute Gasteiger partial charge is 0.0946 e. The summed E-state index contributed by atoms with van der Waals surface area (Å²) in [6.07, 6.45) is 5.72. The molecule has 0 aliphatic rings. The molecule has 4 nitrogen and oxygen atoms in total. The molecule has 1 N–H and O–H groups in total. The van der Waals surface area contributed by atoms with Crippen molar-refractivity contribution >= 4 is 11.3 Å². The van der Waals surface area contributed by atoms with Crippen molar-refractivity contribution in [3.05, 3.63) is 34.3 Å². The summed E-state index contributed by atoms with van der Waals surface area (Å²) in [6.45, 7) is 12.8. The van der Waals surface area contributed by atoms with E-state index in [1.807, 2.05) is 18.7 Å². The highest BCUT2D eigenvalue weighted by atomic mass is 32.1. The fraction of sp³-hybridized carbons (Fsp3) is 0.600. The molecule has 0 aromatic carbocycles. The highest BCUT2D eigenvalue weighted by Gasteiger charge is 2.24. The molecule has 0 amide bonds. The topological polar surface area (TPSA) is 42.7 Å². The van der Waals surface area contributed by atoms with E-state index in [4.69, 9.17) is 0 Å². The molecule has 0 aliphatic heterocycles. The van der Waals surface area contributed by atoms with Gasteiger partial charge in [0.25, 0.3) is 0 Å². The number of hydrogen-bond donors (Lipinski definition) is 1. The molecule has 0 saturated carbocycles. The van der Waals surface area contributed by atoms with E-state index in [9.17, 15) is 0 Å². The van der Waals surface area contributed by atoms with Crippen molar-refractivity contribution in [2.24, 2.45) is 5.41 Å². The highest BCUT2D eigenvalue weighted by Crippen LogP contribution is 2.23. The Kier molecular flexibility index (Phi) is 4.60. The quantitative estimate of drug-likeness (QED) is 0.920. The first-order valence-electron chi connectivity index (χ1n) is 6.98. The molecule has 1 unspecified atom stereocenters. The van der Waals surface area contributed by atoms with Gasteiger partial charge in [-0.2, -0.15) is 0 Å². The van der Waals surface area contributed by atoms with E-state index in [-0.39, 0.29) is 5.41 Å². The Morgan fingerprint density at radius 3 is 2.60 bits per heavy atom. The molecule has 0 aliphatic carbocycles. The van der Waals surface area contributed by atoms with Gasteiger partial charge in [-0.15, -0.1) is 11.3 Å². The van der Waals surface area contributed by atoms with Gasteiger partial charge in [0, 0.05) is 36.4 Å². The molecule has 0 saturated heterocycles. The Bertz CT molecular complexity index is 537. The number of thiazole rings is 1. The average Bonchev–Trinajstić information content (AvgIpc) is 2.93. The van der Waals surface area contributed by atoms with Gasteiger partial charge in [0.2, 0.25) is 0 Å². The zero-order valence-corrected chi connectivity index (χ0v) is 13.8. The molecule has 110 valence electrons. The lowest BCUT2D eigenvalue weighted by Gasteiger charge is -2.32. The van der Waals surface area contributed by atoms with Crippen LogP contribution >= 0.6 is 11.3 Å². The fourth-order valence-electron chi connectivity index (χ4n) is 2.20. The molecule has 0 bridgehead atoms. The Balaban J connectivity index is 2.03. The van der Waals surface area contributed by atoms with Crippen LogP contribution in [0.3, 0.4) is 0 Å². The molecule has 0 radical (unpaired) electrons. The minimum absolute atomic E-state index is 0.192. The van der Waals surface area contributed by atoms with Crippen molar-refractivity contribution in [3.63, 3.8) is 0 Å². The number of imidazole rings is 1. The first-order chi connectivity index (χ1) is 9.36. The monoisotopic (exact) mass is 292 g/mol. The van der Waals surface area contributed by atoms with Gasteiger partial charge >= 0.3 is 0 Å². The minimum Gasteiger partial charge on any atom is -0.336 e. The van der Waals surface area contributed by atoms with Crippen LogP contribution in [0.2, 0.25) is 0 Å². The third kappa shape index (κ3) is 3.90. The maximum atomic E-state index is 4.49. The second-order valence-corrected chi connectivity index (χ2v) is 7.59. The summed E-state index contributed by atoms with van der Waals surface area (Å²) in [5, 5.41) is 4.83. The van der Waals surface area contributed by atoms with Gasteiger partial charge in [-0.1, -0.05) is 20.8 Å². The van der Waals surface area contributed by atoms with E-state index in [0.29, 0.717) is 6.04 Å². The largest absolute Gasteiger partial charge is 0.336 e. The van der Waals surface area contributed by atoms with Gasteiger partial charge in [0.05, 0.1) is 17.0 Å². The Hall–Kier alpha value is -1.20. The van der Waals surface area contributed by atoms with Gasteiger partial charge in [-0.3, -0.25) is 0 Å². The van der Waals surface area contributed by atoms with Crippen LogP contribution in [0.4, 0.5) is 0 Å². The molecule has 2 rings (SSSR count). The lowest BCUT2D eigenvalue weighted by atomic mass is 9.86. The van der Waals surface area contributed by atoms with Crippen molar-refractivity contribution in [1.82, 2.24) is 19.9 Å². The molecule has 5 heteroatoms. The van der Waals surface area contributed by atoms with Crippen LogP contribution in [-0.4, -0.2) is 20.6 Å². The summed E-state index contributed by atoms with van der Waals surface area (Å²) in [7, 11) is 0. The van der Waals surface area contributed by atoms with E-state index in [2.05, 4.69) is 54.5 Å². The Morgan fingerprint density at radius 2 is 2.10 bits per heavy atom. The normalized spacial score (nSPS) is 13.7. The Labute approximate surface area is 125 Å².